The summed E-state index contributed by atoms with van der Waals surface area (Å²) in [5.41, 5.74) is 6.14. The Bertz CT molecular complexity index is 1810. The number of alkyl halides is 2. The van der Waals surface area contributed by atoms with Gasteiger partial charge in [0.1, 0.15) is 5.69 Å². The first kappa shape index (κ1) is 23.1. The number of nitrogens with one attached hydrogen (secondary N) is 2. The van der Waals surface area contributed by atoms with E-state index in [1.807, 2.05) is 30.3 Å². The molecule has 1 aliphatic rings. The van der Waals surface area contributed by atoms with E-state index in [1.165, 1.54) is 6.07 Å². The fraction of sp³-hybridized carbons (Fsp3) is 0.185. The molecule has 0 amide bonds. The smallest absolute Gasteiger partial charge is 0.261 e. The summed E-state index contributed by atoms with van der Waals surface area (Å²) in [6, 6.07) is 12.9. The van der Waals surface area contributed by atoms with Crippen molar-refractivity contribution in [1.29, 1.82) is 0 Å². The number of imidazole rings is 1. The number of rotatable bonds is 5. The molecule has 7 rings (SSSR count). The molecule has 7 nitrogen and oxygen atoms in total. The molecule has 0 bridgehead atoms. The zero-order chi connectivity index (χ0) is 25.9. The van der Waals surface area contributed by atoms with Crippen LogP contribution in [0.5, 0.6) is 0 Å². The third-order valence-corrected chi connectivity index (χ3v) is 7.69. The first-order valence-electron chi connectivity index (χ1n) is 12.1. The summed E-state index contributed by atoms with van der Waals surface area (Å²) in [5.74, 6) is -2.04. The summed E-state index contributed by atoms with van der Waals surface area (Å²) in [4.78, 5) is 19.6. The molecule has 0 atom stereocenters. The predicted octanol–water partition coefficient (Wildman–Crippen LogP) is 6.27. The number of benzene rings is 1. The quantitative estimate of drug-likeness (QED) is 0.274. The van der Waals surface area contributed by atoms with Crippen LogP contribution >= 0.6 is 11.3 Å². The Morgan fingerprint density at radius 3 is 2.76 bits per heavy atom. The van der Waals surface area contributed by atoms with Gasteiger partial charge in [-0.1, -0.05) is 12.1 Å². The molecule has 2 N–H and O–H groups in total. The molecule has 0 saturated carbocycles. The molecule has 1 aromatic carbocycles. The fourth-order valence-corrected chi connectivity index (χ4v) is 5.74. The van der Waals surface area contributed by atoms with E-state index in [9.17, 15) is 13.2 Å². The molecule has 1 saturated heterocycles. The Labute approximate surface area is 218 Å². The molecule has 0 aliphatic carbocycles. The lowest BCUT2D eigenvalue weighted by molar-refractivity contribution is 0.0115. The number of thiophene rings is 1. The summed E-state index contributed by atoms with van der Waals surface area (Å²) in [7, 11) is 0. The average Bonchev–Trinajstić information content (AvgIpc) is 3.69. The molecular weight excluding hydrogens is 511 g/mol. The highest BCUT2D eigenvalue weighted by Gasteiger charge is 2.37. The number of aromatic nitrogens is 6. The molecule has 38 heavy (non-hydrogen) atoms. The zero-order valence-corrected chi connectivity index (χ0v) is 20.7. The number of pyridine rings is 2. The lowest BCUT2D eigenvalue weighted by Crippen LogP contribution is -2.24. The normalized spacial score (nSPS) is 15.7. The number of hydrogen-bond donors (Lipinski definition) is 2. The van der Waals surface area contributed by atoms with Crippen LogP contribution in [-0.2, 0) is 6.54 Å². The Balaban J connectivity index is 1.24. The second-order valence-corrected chi connectivity index (χ2v) is 10.5. The van der Waals surface area contributed by atoms with Gasteiger partial charge in [0.25, 0.3) is 5.92 Å². The minimum atomic E-state index is -2.63. The number of likely N-dealkylation sites (tertiary alicyclic amines) is 1. The minimum absolute atomic E-state index is 0.114. The van der Waals surface area contributed by atoms with E-state index in [0.717, 1.165) is 54.9 Å². The van der Waals surface area contributed by atoms with Gasteiger partial charge in [-0.2, -0.15) is 9.49 Å². The van der Waals surface area contributed by atoms with Crippen LogP contribution in [0.15, 0.2) is 61.1 Å². The van der Waals surface area contributed by atoms with Crippen LogP contribution in [0.3, 0.4) is 0 Å². The molecule has 11 heteroatoms. The predicted molar refractivity (Wildman–Crippen MR) is 140 cm³/mol. The van der Waals surface area contributed by atoms with Crippen LogP contribution in [0.25, 0.3) is 55.2 Å². The first-order valence-corrected chi connectivity index (χ1v) is 12.9. The minimum Gasteiger partial charge on any atom is -0.337 e. The monoisotopic (exact) mass is 531 g/mol. The van der Waals surface area contributed by atoms with Gasteiger partial charge in [-0.3, -0.25) is 15.0 Å². The van der Waals surface area contributed by atoms with Crippen LogP contribution in [0.1, 0.15) is 12.0 Å². The molecule has 0 spiro atoms. The molecule has 0 unspecified atom stereocenters. The lowest BCUT2D eigenvalue weighted by Gasteiger charge is -2.15. The number of H-pyrrole nitrogens is 2. The van der Waals surface area contributed by atoms with E-state index in [0.29, 0.717) is 30.3 Å². The maximum Gasteiger partial charge on any atom is 0.261 e. The first-order chi connectivity index (χ1) is 18.4. The van der Waals surface area contributed by atoms with Crippen LogP contribution < -0.4 is 0 Å². The van der Waals surface area contributed by atoms with E-state index in [-0.39, 0.29) is 18.1 Å². The van der Waals surface area contributed by atoms with Crippen LogP contribution in [-0.4, -0.2) is 54.0 Å². The van der Waals surface area contributed by atoms with Crippen LogP contribution in [0.2, 0.25) is 0 Å². The van der Waals surface area contributed by atoms with Gasteiger partial charge in [0.2, 0.25) is 0 Å². The van der Waals surface area contributed by atoms with E-state index in [4.69, 9.17) is 4.98 Å². The third-order valence-electron chi connectivity index (χ3n) is 6.78. The van der Waals surface area contributed by atoms with Crippen LogP contribution in [0.4, 0.5) is 13.2 Å². The maximum absolute atomic E-state index is 13.7. The van der Waals surface area contributed by atoms with Crippen molar-refractivity contribution in [3.8, 4) is 33.1 Å². The maximum atomic E-state index is 13.7. The summed E-state index contributed by atoms with van der Waals surface area (Å²) in [5, 5.41) is 7.92. The summed E-state index contributed by atoms with van der Waals surface area (Å²) < 4.78 is 40.9. The largest absolute Gasteiger partial charge is 0.337 e. The Hall–Kier alpha value is -4.09. The molecule has 0 radical (unpaired) electrons. The van der Waals surface area contributed by atoms with Crippen molar-refractivity contribution in [2.45, 2.75) is 18.9 Å². The van der Waals surface area contributed by atoms with Crippen molar-refractivity contribution >= 4 is 33.4 Å². The van der Waals surface area contributed by atoms with Gasteiger partial charge in [-0.05, 0) is 35.9 Å². The summed E-state index contributed by atoms with van der Waals surface area (Å²) >= 11 is 1.08. The average molecular weight is 532 g/mol. The summed E-state index contributed by atoms with van der Waals surface area (Å²) in [6.07, 6.45) is 5.05. The highest BCUT2D eigenvalue weighted by atomic mass is 32.1. The van der Waals surface area contributed by atoms with E-state index in [2.05, 4.69) is 25.1 Å². The van der Waals surface area contributed by atoms with Crippen molar-refractivity contribution in [3.63, 3.8) is 0 Å². The third kappa shape index (κ3) is 4.13. The van der Waals surface area contributed by atoms with Crippen LogP contribution in [0, 0.1) is 5.13 Å². The van der Waals surface area contributed by atoms with Gasteiger partial charge in [-0.25, -0.2) is 18.7 Å². The molecule has 1 fully saturated rings. The molecular formula is C27H20F3N7S. The van der Waals surface area contributed by atoms with Gasteiger partial charge in [0, 0.05) is 59.7 Å². The van der Waals surface area contributed by atoms with Crippen molar-refractivity contribution in [2.24, 2.45) is 0 Å². The van der Waals surface area contributed by atoms with Crippen molar-refractivity contribution in [3.05, 3.63) is 71.7 Å². The SMILES string of the molecule is Fc1ccc(-c2cccc3[nH]c(-c4[nH]nc5ncc(-c6cncc(CN7CCC(F)(F)C7)c6)cc45)nc23)s1. The van der Waals surface area contributed by atoms with Gasteiger partial charge in [-0.15, -0.1) is 11.3 Å². The molecule has 1 aliphatic heterocycles. The molecule has 190 valence electrons. The second-order valence-electron chi connectivity index (χ2n) is 9.48. The standard InChI is InChI=1S/C27H20F3N7S/c28-22-5-4-21(38-22)18-2-1-3-20-23(18)34-26(33-20)24-19-9-17(12-32-25(19)36-35-24)16-8-15(10-31-11-16)13-37-7-6-27(29,30)14-37/h1-5,8-12H,6-7,13-14H2,(H,33,34)(H,32,35,36). The van der Waals surface area contributed by atoms with Crippen molar-refractivity contribution in [2.75, 3.05) is 13.1 Å². The van der Waals surface area contributed by atoms with Gasteiger partial charge < -0.3 is 4.98 Å². The number of para-hydroxylation sites is 1. The fourth-order valence-electron chi connectivity index (χ4n) is 4.98. The highest BCUT2D eigenvalue weighted by Crippen LogP contribution is 2.35. The number of hydrogen-bond acceptors (Lipinski definition) is 6. The van der Waals surface area contributed by atoms with Gasteiger partial charge in [0.15, 0.2) is 16.6 Å². The number of fused-ring (bicyclic) bond motifs is 2. The van der Waals surface area contributed by atoms with Crippen molar-refractivity contribution < 1.29 is 13.2 Å². The number of halogens is 3. The highest BCUT2D eigenvalue weighted by molar-refractivity contribution is 7.14. The Morgan fingerprint density at radius 2 is 1.95 bits per heavy atom. The van der Waals surface area contributed by atoms with Gasteiger partial charge >= 0.3 is 0 Å². The lowest BCUT2D eigenvalue weighted by atomic mass is 10.1. The second kappa shape index (κ2) is 8.74. The molecule has 5 aromatic heterocycles. The zero-order valence-electron chi connectivity index (χ0n) is 19.9. The van der Waals surface area contributed by atoms with Gasteiger partial charge in [0.05, 0.1) is 23.0 Å². The molecule has 6 heterocycles. The van der Waals surface area contributed by atoms with Crippen molar-refractivity contribution in [1.82, 2.24) is 35.0 Å². The van der Waals surface area contributed by atoms with E-state index < -0.39 is 5.92 Å². The number of aromatic amines is 2. The summed E-state index contributed by atoms with van der Waals surface area (Å²) in [6.45, 7) is 0.548. The Morgan fingerprint density at radius 1 is 1.05 bits per heavy atom. The molecule has 6 aromatic rings. The van der Waals surface area contributed by atoms with E-state index in [1.54, 1.807) is 29.6 Å². The Kier molecular flexibility index (Phi) is 5.31. The van der Waals surface area contributed by atoms with E-state index >= 15 is 0 Å². The number of nitrogens with zero attached hydrogens (tertiary/aromatic N) is 5. The topological polar surface area (TPSA) is 86.4 Å².